The number of halogens is 3. The molecule has 5 nitrogen and oxygen atoms in total. The van der Waals surface area contributed by atoms with Crippen LogP contribution in [0.15, 0.2) is 18.2 Å². The fraction of sp³-hybridized carbons (Fsp3) is 0.182. The zero-order chi connectivity index (χ0) is 14.9. The lowest BCUT2D eigenvalue weighted by Gasteiger charge is -2.08. The summed E-state index contributed by atoms with van der Waals surface area (Å²) < 4.78 is 45.3. The van der Waals surface area contributed by atoms with E-state index in [9.17, 15) is 18.0 Å². The van der Waals surface area contributed by atoms with Crippen molar-refractivity contribution in [3.05, 3.63) is 35.2 Å². The van der Waals surface area contributed by atoms with Crippen LogP contribution in [0.3, 0.4) is 0 Å². The molecule has 0 amide bonds. The average Bonchev–Trinajstić information content (AvgIpc) is 2.79. The zero-order valence-corrected chi connectivity index (χ0v) is 10.7. The summed E-state index contributed by atoms with van der Waals surface area (Å²) in [5.74, 6) is -2.61. The van der Waals surface area contributed by atoms with Gasteiger partial charge in [-0.3, -0.25) is 0 Å². The Morgan fingerprint density at radius 2 is 2.10 bits per heavy atom. The SMILES string of the molecule is Cc1cccc(C(=O)O)c1Oc1nc(C(F)(F)F)ns1. The first-order chi connectivity index (χ1) is 9.29. The molecule has 1 aromatic heterocycles. The molecule has 0 fully saturated rings. The van der Waals surface area contributed by atoms with Gasteiger partial charge in [0.25, 0.3) is 11.0 Å². The van der Waals surface area contributed by atoms with Crippen molar-refractivity contribution in [2.75, 3.05) is 0 Å². The first-order valence-electron chi connectivity index (χ1n) is 5.20. The molecule has 0 aliphatic rings. The van der Waals surface area contributed by atoms with Crippen LogP contribution in [0.1, 0.15) is 21.7 Å². The highest BCUT2D eigenvalue weighted by atomic mass is 32.1. The number of aromatic nitrogens is 2. The number of nitrogens with zero attached hydrogens (tertiary/aromatic N) is 2. The van der Waals surface area contributed by atoms with Gasteiger partial charge in [-0.05, 0) is 18.6 Å². The van der Waals surface area contributed by atoms with E-state index in [1.807, 2.05) is 0 Å². The van der Waals surface area contributed by atoms with Crippen LogP contribution in [0.2, 0.25) is 0 Å². The van der Waals surface area contributed by atoms with Crippen LogP contribution in [-0.4, -0.2) is 20.4 Å². The number of para-hydroxylation sites is 1. The first-order valence-corrected chi connectivity index (χ1v) is 5.98. The van der Waals surface area contributed by atoms with Crippen molar-refractivity contribution in [3.8, 4) is 10.9 Å². The van der Waals surface area contributed by atoms with E-state index in [2.05, 4.69) is 9.36 Å². The molecule has 0 atom stereocenters. The summed E-state index contributed by atoms with van der Waals surface area (Å²) in [5.41, 5.74) is 0.308. The Morgan fingerprint density at radius 3 is 2.65 bits per heavy atom. The highest BCUT2D eigenvalue weighted by molar-refractivity contribution is 7.07. The number of hydrogen-bond donors (Lipinski definition) is 1. The second-order valence-electron chi connectivity index (χ2n) is 3.74. The minimum atomic E-state index is -4.67. The molecule has 0 saturated heterocycles. The van der Waals surface area contributed by atoms with Crippen molar-refractivity contribution >= 4 is 17.5 Å². The maximum absolute atomic E-state index is 12.4. The second-order valence-corrected chi connectivity index (χ2v) is 4.45. The number of alkyl halides is 3. The Hall–Kier alpha value is -2.16. The Balaban J connectivity index is 2.35. The van der Waals surface area contributed by atoms with Crippen molar-refractivity contribution in [2.24, 2.45) is 0 Å². The lowest BCUT2D eigenvalue weighted by molar-refractivity contribution is -0.144. The molecule has 0 unspecified atom stereocenters. The van der Waals surface area contributed by atoms with Crippen molar-refractivity contribution < 1.29 is 27.8 Å². The van der Waals surface area contributed by atoms with Crippen molar-refractivity contribution in [1.29, 1.82) is 0 Å². The summed E-state index contributed by atoms with van der Waals surface area (Å²) >= 11 is 0.404. The number of carboxylic acid groups (broad SMARTS) is 1. The molecule has 0 spiro atoms. The standard InChI is InChI=1S/C11H7F3N2O3S/c1-5-3-2-4-6(8(17)18)7(5)19-10-15-9(16-20-10)11(12,13)14/h2-4H,1H3,(H,17,18). The Bertz CT molecular complexity index is 655. The summed E-state index contributed by atoms with van der Waals surface area (Å²) in [6, 6.07) is 4.37. The van der Waals surface area contributed by atoms with Crippen LogP contribution in [0.4, 0.5) is 13.2 Å². The van der Waals surface area contributed by atoms with E-state index in [0.717, 1.165) is 0 Å². The summed E-state index contributed by atoms with van der Waals surface area (Å²) in [5, 5.41) is 8.64. The fourth-order valence-corrected chi connectivity index (χ4v) is 1.97. The van der Waals surface area contributed by atoms with Crippen LogP contribution in [0.5, 0.6) is 10.9 Å². The number of carbonyl (C=O) groups is 1. The van der Waals surface area contributed by atoms with Crippen molar-refractivity contribution in [2.45, 2.75) is 13.1 Å². The zero-order valence-electron chi connectivity index (χ0n) is 9.93. The molecule has 0 bridgehead atoms. The van der Waals surface area contributed by atoms with Gasteiger partial charge < -0.3 is 9.84 Å². The number of carboxylic acids is 1. The molecule has 0 saturated carbocycles. The van der Waals surface area contributed by atoms with Gasteiger partial charge in [0.2, 0.25) is 0 Å². The Kier molecular flexibility index (Phi) is 3.62. The third kappa shape index (κ3) is 2.87. The third-order valence-corrected chi connectivity index (χ3v) is 2.89. The van der Waals surface area contributed by atoms with Crippen molar-refractivity contribution in [3.63, 3.8) is 0 Å². The molecule has 1 aromatic carbocycles. The monoisotopic (exact) mass is 304 g/mol. The molecule has 2 aromatic rings. The Morgan fingerprint density at radius 1 is 1.40 bits per heavy atom. The largest absolute Gasteiger partial charge is 0.478 e. The number of rotatable bonds is 3. The highest BCUT2D eigenvalue weighted by Crippen LogP contribution is 2.34. The molecule has 1 N–H and O–H groups in total. The molecule has 0 radical (unpaired) electrons. The van der Waals surface area contributed by atoms with Crippen molar-refractivity contribution in [1.82, 2.24) is 9.36 Å². The van der Waals surface area contributed by atoms with E-state index in [0.29, 0.717) is 17.1 Å². The van der Waals surface area contributed by atoms with Gasteiger partial charge in [-0.2, -0.15) is 22.5 Å². The quantitative estimate of drug-likeness (QED) is 0.941. The van der Waals surface area contributed by atoms with E-state index in [1.165, 1.54) is 12.1 Å². The maximum atomic E-state index is 12.4. The smallest absolute Gasteiger partial charge is 0.452 e. The summed E-state index contributed by atoms with van der Waals surface area (Å²) in [4.78, 5) is 14.2. The molecular formula is C11H7F3N2O3S. The number of ether oxygens (including phenoxy) is 1. The van der Waals surface area contributed by atoms with Crippen LogP contribution < -0.4 is 4.74 Å². The second kappa shape index (κ2) is 5.08. The highest BCUT2D eigenvalue weighted by Gasteiger charge is 2.36. The summed E-state index contributed by atoms with van der Waals surface area (Å²) in [6.45, 7) is 1.58. The van der Waals surface area contributed by atoms with Crippen LogP contribution in [0.25, 0.3) is 0 Å². The minimum Gasteiger partial charge on any atom is -0.478 e. The molecule has 0 aliphatic heterocycles. The van der Waals surface area contributed by atoms with E-state index in [-0.39, 0.29) is 16.5 Å². The number of aromatic carboxylic acids is 1. The molecule has 9 heteroatoms. The summed E-state index contributed by atoms with van der Waals surface area (Å²) in [6.07, 6.45) is -4.67. The number of aryl methyl sites for hydroxylation is 1. The van der Waals surface area contributed by atoms with E-state index < -0.39 is 18.0 Å². The van der Waals surface area contributed by atoms with Crippen LogP contribution in [0, 0.1) is 6.92 Å². The normalized spacial score (nSPS) is 11.4. The number of benzene rings is 1. The third-order valence-electron chi connectivity index (χ3n) is 2.29. The fourth-order valence-electron chi connectivity index (χ4n) is 1.41. The molecule has 106 valence electrons. The molecule has 1 heterocycles. The van der Waals surface area contributed by atoms with E-state index >= 15 is 0 Å². The molecular weight excluding hydrogens is 297 g/mol. The topological polar surface area (TPSA) is 72.3 Å². The predicted molar refractivity (Wildman–Crippen MR) is 63.1 cm³/mol. The molecule has 2 rings (SSSR count). The van der Waals surface area contributed by atoms with Gasteiger partial charge in [-0.15, -0.1) is 0 Å². The van der Waals surface area contributed by atoms with Gasteiger partial charge in [-0.1, -0.05) is 12.1 Å². The van der Waals surface area contributed by atoms with Gasteiger partial charge in [0.1, 0.15) is 11.3 Å². The maximum Gasteiger partial charge on any atom is 0.452 e. The lowest BCUT2D eigenvalue weighted by atomic mass is 10.1. The van der Waals surface area contributed by atoms with Crippen LogP contribution >= 0.6 is 11.5 Å². The molecule has 20 heavy (non-hydrogen) atoms. The summed E-state index contributed by atoms with van der Waals surface area (Å²) in [7, 11) is 0. The van der Waals surface area contributed by atoms with E-state index in [1.54, 1.807) is 13.0 Å². The van der Waals surface area contributed by atoms with Gasteiger partial charge in [-0.25, -0.2) is 4.79 Å². The van der Waals surface area contributed by atoms with Gasteiger partial charge in [0.15, 0.2) is 0 Å². The van der Waals surface area contributed by atoms with Crippen LogP contribution in [-0.2, 0) is 6.18 Å². The number of hydrogen-bond acceptors (Lipinski definition) is 5. The first kappa shape index (κ1) is 14.3. The van der Waals surface area contributed by atoms with Gasteiger partial charge in [0, 0.05) is 11.5 Å². The molecule has 0 aliphatic carbocycles. The average molecular weight is 304 g/mol. The van der Waals surface area contributed by atoms with E-state index in [4.69, 9.17) is 9.84 Å². The Labute approximate surface area is 114 Å². The predicted octanol–water partition coefficient (Wildman–Crippen LogP) is 3.36. The lowest BCUT2D eigenvalue weighted by Crippen LogP contribution is -2.07. The van der Waals surface area contributed by atoms with Gasteiger partial charge in [0.05, 0.1) is 0 Å². The van der Waals surface area contributed by atoms with Gasteiger partial charge >= 0.3 is 12.1 Å². The minimum absolute atomic E-state index is 0.0510.